The Labute approximate surface area is 118 Å². The molecule has 0 bridgehead atoms. The van der Waals surface area contributed by atoms with Crippen molar-refractivity contribution in [1.82, 2.24) is 9.88 Å². The van der Waals surface area contributed by atoms with Crippen LogP contribution in [0, 0.1) is 0 Å². The first kappa shape index (κ1) is 14.3. The molecule has 1 N–H and O–H groups in total. The summed E-state index contributed by atoms with van der Waals surface area (Å²) in [6, 6.07) is 9.25. The van der Waals surface area contributed by atoms with Gasteiger partial charge in [-0.1, -0.05) is 18.2 Å². The third-order valence-electron chi connectivity index (χ3n) is 3.21. The van der Waals surface area contributed by atoms with Crippen LogP contribution in [0.2, 0.25) is 0 Å². The number of carbonyl (C=O) groups is 1. The van der Waals surface area contributed by atoms with Gasteiger partial charge in [0.25, 0.3) is 0 Å². The van der Waals surface area contributed by atoms with Crippen molar-refractivity contribution in [2.45, 2.75) is 0 Å². The number of likely N-dealkylation sites (N-methyl/N-ethyl adjacent to an activating group) is 2. The monoisotopic (exact) mass is 273 g/mol. The van der Waals surface area contributed by atoms with E-state index in [1.165, 1.54) is 0 Å². The molecule has 0 fully saturated rings. The fraction of sp³-hybridized carbons (Fsp3) is 0.333. The number of anilines is 1. The molecular weight excluding hydrogens is 254 g/mol. The number of carboxylic acids is 1. The van der Waals surface area contributed by atoms with Crippen molar-refractivity contribution in [3.63, 3.8) is 0 Å². The van der Waals surface area contributed by atoms with E-state index in [1.807, 2.05) is 45.4 Å². The number of pyridine rings is 1. The zero-order valence-electron chi connectivity index (χ0n) is 12.0. The van der Waals surface area contributed by atoms with E-state index in [2.05, 4.69) is 14.8 Å². The molecule has 5 heteroatoms. The molecule has 0 radical (unpaired) electrons. The average molecular weight is 273 g/mol. The summed E-state index contributed by atoms with van der Waals surface area (Å²) in [7, 11) is 6.00. The summed E-state index contributed by atoms with van der Waals surface area (Å²) in [6.45, 7) is 1.72. The SMILES string of the molecule is CN(C)CCN(C)c1cc(C(=O)O)nc2ccccc12. The van der Waals surface area contributed by atoms with Crippen molar-refractivity contribution in [3.8, 4) is 0 Å². The van der Waals surface area contributed by atoms with Gasteiger partial charge in [-0.15, -0.1) is 0 Å². The first-order valence-electron chi connectivity index (χ1n) is 6.48. The lowest BCUT2D eigenvalue weighted by molar-refractivity contribution is 0.0691. The highest BCUT2D eigenvalue weighted by Gasteiger charge is 2.13. The first-order valence-corrected chi connectivity index (χ1v) is 6.48. The number of fused-ring (bicyclic) bond motifs is 1. The number of aromatic nitrogens is 1. The normalized spacial score (nSPS) is 11.0. The first-order chi connectivity index (χ1) is 9.49. The number of benzene rings is 1. The van der Waals surface area contributed by atoms with E-state index >= 15 is 0 Å². The van der Waals surface area contributed by atoms with E-state index < -0.39 is 5.97 Å². The smallest absolute Gasteiger partial charge is 0.354 e. The van der Waals surface area contributed by atoms with Gasteiger partial charge in [0.2, 0.25) is 0 Å². The molecule has 0 saturated heterocycles. The Balaban J connectivity index is 2.46. The standard InChI is InChI=1S/C15H19N3O2/c1-17(2)8-9-18(3)14-10-13(15(19)20)16-12-7-5-4-6-11(12)14/h4-7,10H,8-9H2,1-3H3,(H,19,20). The Bertz CT molecular complexity index is 626. The van der Waals surface area contributed by atoms with E-state index in [1.54, 1.807) is 6.07 Å². The van der Waals surface area contributed by atoms with Gasteiger partial charge in [0.15, 0.2) is 5.69 Å². The molecule has 0 atom stereocenters. The maximum absolute atomic E-state index is 11.2. The largest absolute Gasteiger partial charge is 0.477 e. The fourth-order valence-electron chi connectivity index (χ4n) is 2.05. The molecule has 0 saturated carbocycles. The number of nitrogens with zero attached hydrogens (tertiary/aromatic N) is 3. The van der Waals surface area contributed by atoms with Crippen LogP contribution in [-0.4, -0.2) is 55.2 Å². The molecule has 1 heterocycles. The zero-order valence-corrected chi connectivity index (χ0v) is 12.0. The molecule has 1 aromatic heterocycles. The van der Waals surface area contributed by atoms with E-state index in [4.69, 9.17) is 0 Å². The predicted molar refractivity (Wildman–Crippen MR) is 80.5 cm³/mol. The molecule has 0 amide bonds. The quantitative estimate of drug-likeness (QED) is 0.902. The Morgan fingerprint density at radius 2 is 1.90 bits per heavy atom. The van der Waals surface area contributed by atoms with Gasteiger partial charge in [-0.25, -0.2) is 9.78 Å². The number of para-hydroxylation sites is 1. The minimum absolute atomic E-state index is 0.0791. The molecular formula is C15H19N3O2. The van der Waals surface area contributed by atoms with Crippen molar-refractivity contribution in [2.75, 3.05) is 39.1 Å². The molecule has 20 heavy (non-hydrogen) atoms. The molecule has 0 unspecified atom stereocenters. The van der Waals surface area contributed by atoms with Gasteiger partial charge in [-0.3, -0.25) is 0 Å². The van der Waals surface area contributed by atoms with Crippen LogP contribution in [0.4, 0.5) is 5.69 Å². The second-order valence-corrected chi connectivity index (χ2v) is 5.07. The van der Waals surface area contributed by atoms with Gasteiger partial charge in [-0.2, -0.15) is 0 Å². The van der Waals surface area contributed by atoms with Crippen molar-refractivity contribution in [1.29, 1.82) is 0 Å². The third kappa shape index (κ3) is 3.05. The molecule has 2 rings (SSSR count). The maximum Gasteiger partial charge on any atom is 0.354 e. The molecule has 0 aliphatic carbocycles. The van der Waals surface area contributed by atoms with Gasteiger partial charge >= 0.3 is 5.97 Å². The summed E-state index contributed by atoms with van der Waals surface area (Å²) >= 11 is 0. The molecule has 106 valence electrons. The molecule has 0 aliphatic heterocycles. The molecule has 2 aromatic rings. The third-order valence-corrected chi connectivity index (χ3v) is 3.21. The highest BCUT2D eigenvalue weighted by molar-refractivity contribution is 5.97. The Morgan fingerprint density at radius 3 is 2.55 bits per heavy atom. The molecule has 0 aliphatic rings. The number of hydrogen-bond donors (Lipinski definition) is 1. The zero-order chi connectivity index (χ0) is 14.7. The second-order valence-electron chi connectivity index (χ2n) is 5.07. The summed E-state index contributed by atoms with van der Waals surface area (Å²) in [5.41, 5.74) is 1.68. The lowest BCUT2D eigenvalue weighted by Crippen LogP contribution is -2.28. The summed E-state index contributed by atoms with van der Waals surface area (Å²) < 4.78 is 0. The van der Waals surface area contributed by atoms with Gasteiger partial charge in [0.1, 0.15) is 0 Å². The number of rotatable bonds is 5. The highest BCUT2D eigenvalue weighted by Crippen LogP contribution is 2.25. The van der Waals surface area contributed by atoms with Gasteiger partial charge in [-0.05, 0) is 26.2 Å². The van der Waals surface area contributed by atoms with E-state index in [0.717, 1.165) is 24.2 Å². The molecule has 0 spiro atoms. The predicted octanol–water partition coefficient (Wildman–Crippen LogP) is 1.93. The second kappa shape index (κ2) is 5.88. The van der Waals surface area contributed by atoms with Crippen LogP contribution in [-0.2, 0) is 0 Å². The number of carboxylic acid groups (broad SMARTS) is 1. The highest BCUT2D eigenvalue weighted by atomic mass is 16.4. The Hall–Kier alpha value is -2.14. The lowest BCUT2D eigenvalue weighted by Gasteiger charge is -2.23. The van der Waals surface area contributed by atoms with Gasteiger partial charge in [0.05, 0.1) is 5.52 Å². The summed E-state index contributed by atoms with van der Waals surface area (Å²) in [4.78, 5) is 19.5. The Kier molecular flexibility index (Phi) is 4.20. The molecule has 1 aromatic carbocycles. The van der Waals surface area contributed by atoms with Crippen molar-refractivity contribution >= 4 is 22.6 Å². The van der Waals surface area contributed by atoms with Crippen LogP contribution in [0.15, 0.2) is 30.3 Å². The summed E-state index contributed by atoms with van der Waals surface area (Å²) in [6.07, 6.45) is 0. The van der Waals surface area contributed by atoms with Crippen LogP contribution in [0.3, 0.4) is 0 Å². The van der Waals surface area contributed by atoms with E-state index in [-0.39, 0.29) is 5.69 Å². The molecule has 5 nitrogen and oxygen atoms in total. The van der Waals surface area contributed by atoms with E-state index in [9.17, 15) is 9.90 Å². The van der Waals surface area contributed by atoms with E-state index in [0.29, 0.717) is 5.52 Å². The lowest BCUT2D eigenvalue weighted by atomic mass is 10.1. The van der Waals surface area contributed by atoms with Crippen molar-refractivity contribution in [2.24, 2.45) is 0 Å². The Morgan fingerprint density at radius 1 is 1.20 bits per heavy atom. The average Bonchev–Trinajstić information content (AvgIpc) is 2.43. The summed E-state index contributed by atoms with van der Waals surface area (Å²) in [5, 5.41) is 10.2. The maximum atomic E-state index is 11.2. The van der Waals surface area contributed by atoms with Crippen LogP contribution in [0.1, 0.15) is 10.5 Å². The van der Waals surface area contributed by atoms with Crippen LogP contribution >= 0.6 is 0 Å². The number of hydrogen-bond acceptors (Lipinski definition) is 4. The van der Waals surface area contributed by atoms with Crippen molar-refractivity contribution in [3.05, 3.63) is 36.0 Å². The van der Waals surface area contributed by atoms with Gasteiger partial charge < -0.3 is 14.9 Å². The van der Waals surface area contributed by atoms with Crippen LogP contribution in [0.25, 0.3) is 10.9 Å². The minimum atomic E-state index is -1.00. The van der Waals surface area contributed by atoms with Crippen LogP contribution < -0.4 is 4.90 Å². The topological polar surface area (TPSA) is 56.7 Å². The summed E-state index contributed by atoms with van der Waals surface area (Å²) in [5.74, 6) is -1.00. The number of aromatic carboxylic acids is 1. The fourth-order valence-corrected chi connectivity index (χ4v) is 2.05. The van der Waals surface area contributed by atoms with Crippen LogP contribution in [0.5, 0.6) is 0 Å². The minimum Gasteiger partial charge on any atom is -0.477 e. The van der Waals surface area contributed by atoms with Gasteiger partial charge in [0, 0.05) is 31.2 Å². The van der Waals surface area contributed by atoms with Crippen molar-refractivity contribution < 1.29 is 9.90 Å².